The molecular weight excluding hydrogens is 311 g/mol. The van der Waals surface area contributed by atoms with Gasteiger partial charge in [-0.05, 0) is 30.7 Å². The van der Waals surface area contributed by atoms with E-state index in [9.17, 15) is 18.0 Å². The van der Waals surface area contributed by atoms with Crippen molar-refractivity contribution >= 4 is 5.91 Å². The highest BCUT2D eigenvalue weighted by Crippen LogP contribution is 2.17. The zero-order chi connectivity index (χ0) is 16.9. The Hall–Kier alpha value is -2.64. The first-order chi connectivity index (χ1) is 10.8. The molecule has 2 heterocycles. The lowest BCUT2D eigenvalue weighted by molar-refractivity contribution is -0.154. The Balaban J connectivity index is 1.94. The van der Waals surface area contributed by atoms with E-state index >= 15 is 0 Å². The first-order valence-corrected chi connectivity index (χ1v) is 6.69. The zero-order valence-electron chi connectivity index (χ0n) is 12.2. The van der Waals surface area contributed by atoms with E-state index in [1.807, 2.05) is 0 Å². The molecule has 0 bridgehead atoms. The van der Waals surface area contributed by atoms with Crippen LogP contribution in [0.25, 0.3) is 0 Å². The number of hydrogen-bond donors (Lipinski definition) is 1. The number of nitrogens with one attached hydrogen (secondary N) is 1. The summed E-state index contributed by atoms with van der Waals surface area (Å²) >= 11 is 0. The second-order valence-electron chi connectivity index (χ2n) is 4.77. The summed E-state index contributed by atoms with van der Waals surface area (Å²) in [5, 5.41) is 2.67. The van der Waals surface area contributed by atoms with Gasteiger partial charge in [0.2, 0.25) is 5.88 Å². The van der Waals surface area contributed by atoms with Gasteiger partial charge in [0.15, 0.2) is 6.61 Å². The van der Waals surface area contributed by atoms with Gasteiger partial charge < -0.3 is 10.1 Å². The number of alkyl halides is 3. The third kappa shape index (κ3) is 5.57. The molecule has 0 fully saturated rings. The monoisotopic (exact) mass is 325 g/mol. The van der Waals surface area contributed by atoms with Crippen molar-refractivity contribution in [3.05, 3.63) is 53.5 Å². The molecule has 2 rings (SSSR count). The highest BCUT2D eigenvalue weighted by molar-refractivity contribution is 5.94. The van der Waals surface area contributed by atoms with Crippen molar-refractivity contribution in [2.75, 3.05) is 6.61 Å². The van der Waals surface area contributed by atoms with Gasteiger partial charge in [-0.25, -0.2) is 4.98 Å². The number of hydrogen-bond acceptors (Lipinski definition) is 4. The number of halogens is 3. The number of aryl methyl sites for hydroxylation is 1. The molecule has 0 atom stereocenters. The maximum Gasteiger partial charge on any atom is 0.422 e. The lowest BCUT2D eigenvalue weighted by Crippen LogP contribution is -2.23. The molecule has 5 nitrogen and oxygen atoms in total. The molecule has 0 radical (unpaired) electrons. The van der Waals surface area contributed by atoms with Crippen LogP contribution in [0.4, 0.5) is 13.2 Å². The van der Waals surface area contributed by atoms with E-state index in [1.165, 1.54) is 18.5 Å². The molecule has 2 aromatic rings. The highest BCUT2D eigenvalue weighted by atomic mass is 19.4. The summed E-state index contributed by atoms with van der Waals surface area (Å²) in [5.74, 6) is -0.445. The number of amides is 1. The van der Waals surface area contributed by atoms with E-state index in [0.29, 0.717) is 16.8 Å². The summed E-state index contributed by atoms with van der Waals surface area (Å²) in [6.45, 7) is 0.501. The second-order valence-corrected chi connectivity index (χ2v) is 4.77. The van der Waals surface area contributed by atoms with E-state index in [-0.39, 0.29) is 18.3 Å². The van der Waals surface area contributed by atoms with E-state index in [2.05, 4.69) is 20.0 Å². The fourth-order valence-electron chi connectivity index (χ4n) is 1.77. The van der Waals surface area contributed by atoms with Crippen molar-refractivity contribution in [1.29, 1.82) is 0 Å². The Bertz CT molecular complexity index is 690. The minimum atomic E-state index is -4.43. The van der Waals surface area contributed by atoms with Gasteiger partial charge in [0, 0.05) is 36.3 Å². The Morgan fingerprint density at radius 3 is 2.65 bits per heavy atom. The third-order valence-electron chi connectivity index (χ3n) is 2.79. The van der Waals surface area contributed by atoms with E-state index in [0.717, 1.165) is 0 Å². The van der Waals surface area contributed by atoms with E-state index in [4.69, 9.17) is 0 Å². The minimum Gasteiger partial charge on any atom is -0.468 e. The minimum absolute atomic E-state index is 0.144. The summed E-state index contributed by atoms with van der Waals surface area (Å²) in [6.07, 6.45) is -1.57. The van der Waals surface area contributed by atoms with Gasteiger partial charge in [0.05, 0.1) is 0 Å². The van der Waals surface area contributed by atoms with E-state index < -0.39 is 12.8 Å². The van der Waals surface area contributed by atoms with Crippen LogP contribution in [0.1, 0.15) is 21.6 Å². The standard InChI is InChI=1S/C15H14F3N3O2/c1-10-6-12(3-5-19-10)14(22)21-8-11-2-4-20-13(7-11)23-9-15(16,17)18/h2-7H,8-9H2,1H3,(H,21,22). The summed E-state index contributed by atoms with van der Waals surface area (Å²) in [5.41, 5.74) is 1.75. The Labute approximate surface area is 130 Å². The first-order valence-electron chi connectivity index (χ1n) is 6.69. The molecule has 122 valence electrons. The van der Waals surface area contributed by atoms with Crippen LogP contribution in [0.2, 0.25) is 0 Å². The van der Waals surface area contributed by atoms with Gasteiger partial charge in [0.25, 0.3) is 5.91 Å². The average Bonchev–Trinajstić information content (AvgIpc) is 2.50. The number of carbonyl (C=O) groups is 1. The number of ether oxygens (including phenoxy) is 1. The molecule has 1 N–H and O–H groups in total. The maximum atomic E-state index is 12.1. The zero-order valence-corrected chi connectivity index (χ0v) is 12.2. The van der Waals surface area contributed by atoms with Gasteiger partial charge in [-0.1, -0.05) is 0 Å². The second kappa shape index (κ2) is 7.08. The smallest absolute Gasteiger partial charge is 0.422 e. The van der Waals surface area contributed by atoms with Gasteiger partial charge in [-0.15, -0.1) is 0 Å². The summed E-state index contributed by atoms with van der Waals surface area (Å²) in [7, 11) is 0. The molecule has 0 unspecified atom stereocenters. The highest BCUT2D eigenvalue weighted by Gasteiger charge is 2.28. The van der Waals surface area contributed by atoms with Gasteiger partial charge in [-0.2, -0.15) is 13.2 Å². The van der Waals surface area contributed by atoms with Crippen LogP contribution in [0, 0.1) is 6.92 Å². The van der Waals surface area contributed by atoms with Crippen LogP contribution in [-0.4, -0.2) is 28.7 Å². The molecule has 0 saturated heterocycles. The molecule has 0 aliphatic rings. The fraction of sp³-hybridized carbons (Fsp3) is 0.267. The van der Waals surface area contributed by atoms with Gasteiger partial charge in [0.1, 0.15) is 0 Å². The summed E-state index contributed by atoms with van der Waals surface area (Å²) in [4.78, 5) is 19.7. The average molecular weight is 325 g/mol. The molecule has 0 aliphatic carbocycles. The van der Waals surface area contributed by atoms with Gasteiger partial charge >= 0.3 is 6.18 Å². The van der Waals surface area contributed by atoms with Crippen LogP contribution in [0.5, 0.6) is 5.88 Å². The Kier molecular flexibility index (Phi) is 5.15. The molecule has 23 heavy (non-hydrogen) atoms. The topological polar surface area (TPSA) is 64.1 Å². The lowest BCUT2D eigenvalue weighted by Gasteiger charge is -2.10. The van der Waals surface area contributed by atoms with Crippen LogP contribution in [0.3, 0.4) is 0 Å². The summed E-state index contributed by atoms with van der Waals surface area (Å²) in [6, 6.07) is 6.15. The van der Waals surface area contributed by atoms with Crippen molar-refractivity contribution < 1.29 is 22.7 Å². The number of aromatic nitrogens is 2. The maximum absolute atomic E-state index is 12.1. The van der Waals surface area contributed by atoms with Crippen LogP contribution >= 0.6 is 0 Å². The SMILES string of the molecule is Cc1cc(C(=O)NCc2ccnc(OCC(F)(F)F)c2)ccn1. The quantitative estimate of drug-likeness (QED) is 0.918. The normalized spacial score (nSPS) is 11.1. The number of rotatable bonds is 5. The van der Waals surface area contributed by atoms with Crippen molar-refractivity contribution in [3.63, 3.8) is 0 Å². The van der Waals surface area contributed by atoms with Crippen molar-refractivity contribution in [1.82, 2.24) is 15.3 Å². The van der Waals surface area contributed by atoms with Crippen LogP contribution in [0.15, 0.2) is 36.7 Å². The predicted octanol–water partition coefficient (Wildman–Crippen LogP) is 2.66. The predicted molar refractivity (Wildman–Crippen MR) is 75.9 cm³/mol. The fourth-order valence-corrected chi connectivity index (χ4v) is 1.77. The molecule has 0 aromatic carbocycles. The number of pyridine rings is 2. The van der Waals surface area contributed by atoms with Crippen molar-refractivity contribution in [2.24, 2.45) is 0 Å². The molecule has 1 amide bonds. The van der Waals surface area contributed by atoms with Crippen LogP contribution in [-0.2, 0) is 6.54 Å². The molecule has 2 aromatic heterocycles. The molecular formula is C15H14F3N3O2. The van der Waals surface area contributed by atoms with E-state index in [1.54, 1.807) is 25.1 Å². The van der Waals surface area contributed by atoms with Crippen molar-refractivity contribution in [2.45, 2.75) is 19.6 Å². The van der Waals surface area contributed by atoms with Crippen molar-refractivity contribution in [3.8, 4) is 5.88 Å². The molecule has 0 aliphatic heterocycles. The van der Waals surface area contributed by atoms with Crippen LogP contribution < -0.4 is 10.1 Å². The Morgan fingerprint density at radius 2 is 1.96 bits per heavy atom. The van der Waals surface area contributed by atoms with Gasteiger partial charge in [-0.3, -0.25) is 9.78 Å². The first kappa shape index (κ1) is 16.7. The Morgan fingerprint density at radius 1 is 1.22 bits per heavy atom. The number of carbonyl (C=O) groups excluding carboxylic acids is 1. The molecule has 0 saturated carbocycles. The lowest BCUT2D eigenvalue weighted by atomic mass is 10.2. The third-order valence-corrected chi connectivity index (χ3v) is 2.79. The summed E-state index contributed by atoms with van der Waals surface area (Å²) < 4.78 is 40.9. The molecule has 8 heteroatoms. The number of nitrogens with zero attached hydrogens (tertiary/aromatic N) is 2. The largest absolute Gasteiger partial charge is 0.468 e. The molecule has 0 spiro atoms.